The van der Waals surface area contributed by atoms with Gasteiger partial charge in [-0.3, -0.25) is 14.9 Å². The topological polar surface area (TPSA) is 66.5 Å². The lowest BCUT2D eigenvalue weighted by Gasteiger charge is -2.26. The first-order valence-electron chi connectivity index (χ1n) is 9.52. The maximum Gasteiger partial charge on any atom is 0.336 e. The second kappa shape index (κ2) is 8.72. The van der Waals surface area contributed by atoms with Crippen LogP contribution >= 0.6 is 11.6 Å². The van der Waals surface area contributed by atoms with Gasteiger partial charge in [0.1, 0.15) is 17.2 Å². The van der Waals surface area contributed by atoms with Gasteiger partial charge in [-0.05, 0) is 65.6 Å². The number of imide groups is 2. The van der Waals surface area contributed by atoms with Crippen molar-refractivity contribution in [2.24, 2.45) is 0 Å². The highest BCUT2D eigenvalue weighted by Crippen LogP contribution is 2.27. The summed E-state index contributed by atoms with van der Waals surface area (Å²) >= 11 is 6.12. The third kappa shape index (κ3) is 4.29. The Morgan fingerprint density at radius 2 is 1.72 bits per heavy atom. The number of para-hydroxylation sites is 1. The molecule has 3 aromatic carbocycles. The number of benzene rings is 3. The van der Waals surface area contributed by atoms with Crippen molar-refractivity contribution in [1.82, 2.24) is 5.32 Å². The van der Waals surface area contributed by atoms with Crippen LogP contribution in [0.1, 0.15) is 16.7 Å². The van der Waals surface area contributed by atoms with Gasteiger partial charge in [-0.15, -0.1) is 0 Å². The number of anilines is 1. The molecule has 0 saturated carbocycles. The van der Waals surface area contributed by atoms with Crippen molar-refractivity contribution in [1.29, 1.82) is 0 Å². The summed E-state index contributed by atoms with van der Waals surface area (Å²) in [5.74, 6) is -3.07. The van der Waals surface area contributed by atoms with Gasteiger partial charge in [0.25, 0.3) is 11.8 Å². The largest absolute Gasteiger partial charge is 0.336 e. The lowest BCUT2D eigenvalue weighted by atomic mass is 9.97. The SMILES string of the molecule is O=C1NC(=O)N(c2ccccc2F)C(=O)/C1=C\c1cc(Cl)ccc1Cc1cccc(F)c1. The molecule has 0 radical (unpaired) electrons. The first-order valence-corrected chi connectivity index (χ1v) is 9.90. The highest BCUT2D eigenvalue weighted by Gasteiger charge is 2.38. The fourth-order valence-electron chi connectivity index (χ4n) is 3.39. The molecular weight excluding hydrogens is 438 g/mol. The molecule has 5 nitrogen and oxygen atoms in total. The molecule has 4 rings (SSSR count). The fourth-order valence-corrected chi connectivity index (χ4v) is 3.57. The summed E-state index contributed by atoms with van der Waals surface area (Å²) in [5.41, 5.74) is 1.13. The van der Waals surface area contributed by atoms with Crippen LogP contribution in [0.2, 0.25) is 5.02 Å². The maximum atomic E-state index is 14.2. The van der Waals surface area contributed by atoms with E-state index in [1.807, 2.05) is 0 Å². The summed E-state index contributed by atoms with van der Waals surface area (Å²) in [6.45, 7) is 0. The van der Waals surface area contributed by atoms with Crippen LogP contribution in [0.25, 0.3) is 6.08 Å². The van der Waals surface area contributed by atoms with Gasteiger partial charge in [-0.25, -0.2) is 18.5 Å². The Balaban J connectivity index is 1.76. The van der Waals surface area contributed by atoms with E-state index >= 15 is 0 Å². The van der Waals surface area contributed by atoms with Crippen LogP contribution in [-0.4, -0.2) is 17.8 Å². The van der Waals surface area contributed by atoms with Crippen LogP contribution in [0, 0.1) is 11.6 Å². The molecule has 1 aliphatic rings. The highest BCUT2D eigenvalue weighted by molar-refractivity contribution is 6.39. The standard InChI is InChI=1S/C24H15ClF2N2O3/c25-17-9-8-15(10-14-4-3-5-18(26)11-14)16(12-17)13-19-22(30)28-24(32)29(23(19)31)21-7-2-1-6-20(21)27/h1-9,11-13H,10H2,(H,28,30,32)/b19-13-. The van der Waals surface area contributed by atoms with Crippen LogP contribution in [-0.2, 0) is 16.0 Å². The number of barbiturate groups is 1. The number of rotatable bonds is 4. The normalized spacial score (nSPS) is 15.3. The minimum absolute atomic E-state index is 0.278. The number of halogens is 3. The van der Waals surface area contributed by atoms with E-state index in [1.165, 1.54) is 36.4 Å². The summed E-state index contributed by atoms with van der Waals surface area (Å²) in [7, 11) is 0. The molecule has 3 aromatic rings. The summed E-state index contributed by atoms with van der Waals surface area (Å²) in [4.78, 5) is 38.3. The maximum absolute atomic E-state index is 14.2. The van der Waals surface area contributed by atoms with Crippen LogP contribution < -0.4 is 10.2 Å². The van der Waals surface area contributed by atoms with E-state index < -0.39 is 29.5 Å². The third-order valence-electron chi connectivity index (χ3n) is 4.89. The van der Waals surface area contributed by atoms with Crippen molar-refractivity contribution in [2.75, 3.05) is 4.90 Å². The molecule has 1 fully saturated rings. The summed E-state index contributed by atoms with van der Waals surface area (Å²) in [6.07, 6.45) is 1.60. The number of carbonyl (C=O) groups is 3. The minimum Gasteiger partial charge on any atom is -0.273 e. The first kappa shape index (κ1) is 21.4. The Kier molecular flexibility index (Phi) is 5.83. The quantitative estimate of drug-likeness (QED) is 0.453. The van der Waals surface area contributed by atoms with E-state index in [1.54, 1.807) is 30.3 Å². The molecule has 0 aliphatic carbocycles. The monoisotopic (exact) mass is 452 g/mol. The molecule has 0 bridgehead atoms. The predicted octanol–water partition coefficient (Wildman–Crippen LogP) is 4.88. The van der Waals surface area contributed by atoms with Crippen molar-refractivity contribution in [2.45, 2.75) is 6.42 Å². The van der Waals surface area contributed by atoms with Crippen LogP contribution in [0.3, 0.4) is 0 Å². The second-order valence-electron chi connectivity index (χ2n) is 7.06. The molecule has 1 saturated heterocycles. The average molecular weight is 453 g/mol. The zero-order valence-electron chi connectivity index (χ0n) is 16.4. The van der Waals surface area contributed by atoms with Gasteiger partial charge in [0, 0.05) is 5.02 Å². The molecule has 1 aliphatic heterocycles. The number of carbonyl (C=O) groups excluding carboxylic acids is 3. The van der Waals surface area contributed by atoms with Crippen LogP contribution in [0.5, 0.6) is 0 Å². The van der Waals surface area contributed by atoms with E-state index in [9.17, 15) is 23.2 Å². The summed E-state index contributed by atoms with van der Waals surface area (Å²) in [6, 6.07) is 15.1. The van der Waals surface area contributed by atoms with Gasteiger partial charge in [0.05, 0.1) is 5.69 Å². The van der Waals surface area contributed by atoms with Gasteiger partial charge in [0.2, 0.25) is 0 Å². The number of nitrogens with zero attached hydrogens (tertiary/aromatic N) is 1. The Hall–Kier alpha value is -3.84. The first-order chi connectivity index (χ1) is 15.3. The van der Waals surface area contributed by atoms with Crippen molar-refractivity contribution < 1.29 is 23.2 Å². The highest BCUT2D eigenvalue weighted by atomic mass is 35.5. The zero-order chi connectivity index (χ0) is 22.8. The number of amides is 4. The molecule has 1 heterocycles. The van der Waals surface area contributed by atoms with E-state index in [0.29, 0.717) is 33.0 Å². The Morgan fingerprint density at radius 1 is 0.938 bits per heavy atom. The average Bonchev–Trinajstić information content (AvgIpc) is 2.74. The molecule has 1 N–H and O–H groups in total. The molecular formula is C24H15ClF2N2O3. The number of urea groups is 1. The molecule has 4 amide bonds. The number of hydrogen-bond donors (Lipinski definition) is 1. The van der Waals surface area contributed by atoms with Crippen LogP contribution in [0.15, 0.2) is 72.3 Å². The van der Waals surface area contributed by atoms with Gasteiger partial charge < -0.3 is 0 Å². The molecule has 0 unspecified atom stereocenters. The van der Waals surface area contributed by atoms with Gasteiger partial charge in [0.15, 0.2) is 0 Å². The Bertz CT molecular complexity index is 1290. The minimum atomic E-state index is -1.05. The Morgan fingerprint density at radius 3 is 2.47 bits per heavy atom. The molecule has 0 aromatic heterocycles. The molecule has 160 valence electrons. The van der Waals surface area contributed by atoms with Gasteiger partial charge >= 0.3 is 6.03 Å². The van der Waals surface area contributed by atoms with Crippen LogP contribution in [0.4, 0.5) is 19.3 Å². The van der Waals surface area contributed by atoms with E-state index in [-0.39, 0.29) is 11.3 Å². The molecule has 32 heavy (non-hydrogen) atoms. The summed E-state index contributed by atoms with van der Waals surface area (Å²) < 4.78 is 27.8. The van der Waals surface area contributed by atoms with Gasteiger partial charge in [-0.2, -0.15) is 0 Å². The van der Waals surface area contributed by atoms with Crippen molar-refractivity contribution >= 4 is 41.2 Å². The van der Waals surface area contributed by atoms with Crippen molar-refractivity contribution in [3.05, 3.63) is 106 Å². The molecule has 8 heteroatoms. The van der Waals surface area contributed by atoms with E-state index in [0.717, 1.165) is 6.07 Å². The van der Waals surface area contributed by atoms with E-state index in [4.69, 9.17) is 11.6 Å². The smallest absolute Gasteiger partial charge is 0.273 e. The predicted molar refractivity (Wildman–Crippen MR) is 116 cm³/mol. The van der Waals surface area contributed by atoms with E-state index in [2.05, 4.69) is 5.32 Å². The Labute approximate surface area is 186 Å². The fraction of sp³-hybridized carbons (Fsp3) is 0.0417. The third-order valence-corrected chi connectivity index (χ3v) is 5.12. The number of hydrogen-bond acceptors (Lipinski definition) is 3. The molecule has 0 spiro atoms. The van der Waals surface area contributed by atoms with Crippen molar-refractivity contribution in [3.63, 3.8) is 0 Å². The summed E-state index contributed by atoms with van der Waals surface area (Å²) in [5, 5.41) is 2.41. The second-order valence-corrected chi connectivity index (χ2v) is 7.50. The van der Waals surface area contributed by atoms with Crippen molar-refractivity contribution in [3.8, 4) is 0 Å². The lowest BCUT2D eigenvalue weighted by Crippen LogP contribution is -2.54. The number of nitrogens with one attached hydrogen (secondary N) is 1. The lowest BCUT2D eigenvalue weighted by molar-refractivity contribution is -0.122. The molecule has 0 atom stereocenters. The zero-order valence-corrected chi connectivity index (χ0v) is 17.2. The van der Waals surface area contributed by atoms with Gasteiger partial charge in [-0.1, -0.05) is 41.9 Å².